The van der Waals surface area contributed by atoms with Gasteiger partial charge in [0.25, 0.3) is 0 Å². The van der Waals surface area contributed by atoms with Crippen molar-refractivity contribution in [1.82, 2.24) is 0 Å². The van der Waals surface area contributed by atoms with Crippen molar-refractivity contribution in [3.63, 3.8) is 0 Å². The number of carbonyl (C=O) groups is 1. The van der Waals surface area contributed by atoms with E-state index in [1.165, 1.54) is 23.9 Å². The van der Waals surface area contributed by atoms with Gasteiger partial charge in [-0.1, -0.05) is 12.1 Å². The highest BCUT2D eigenvalue weighted by atomic mass is 32.2. The van der Waals surface area contributed by atoms with E-state index in [1.54, 1.807) is 12.1 Å². The van der Waals surface area contributed by atoms with Gasteiger partial charge in [-0.15, -0.1) is 0 Å². The first-order chi connectivity index (χ1) is 8.27. The van der Waals surface area contributed by atoms with E-state index in [1.807, 2.05) is 0 Å². The Labute approximate surface area is 105 Å². The molecule has 0 aliphatic carbocycles. The van der Waals surface area contributed by atoms with E-state index in [9.17, 15) is 9.18 Å². The van der Waals surface area contributed by atoms with Gasteiger partial charge in [-0.3, -0.25) is 4.79 Å². The van der Waals surface area contributed by atoms with Gasteiger partial charge < -0.3 is 4.74 Å². The number of benzene rings is 1. The van der Waals surface area contributed by atoms with Crippen molar-refractivity contribution in [3.05, 3.63) is 35.6 Å². The molecule has 0 aromatic heterocycles. The molecule has 0 saturated carbocycles. The Kier molecular flexibility index (Phi) is 4.57. The second-order valence-electron chi connectivity index (χ2n) is 4.05. The molecule has 0 amide bonds. The molecule has 4 heteroatoms. The first-order valence-corrected chi connectivity index (χ1v) is 6.90. The van der Waals surface area contributed by atoms with Crippen molar-refractivity contribution in [3.8, 4) is 0 Å². The highest BCUT2D eigenvalue weighted by Gasteiger charge is 2.17. The SMILES string of the molecule is O=C(CSCC1CCCO1)c1ccccc1F. The van der Waals surface area contributed by atoms with Gasteiger partial charge in [-0.2, -0.15) is 11.8 Å². The summed E-state index contributed by atoms with van der Waals surface area (Å²) < 4.78 is 18.8. The van der Waals surface area contributed by atoms with E-state index < -0.39 is 5.82 Å². The van der Waals surface area contributed by atoms with Crippen LogP contribution in [0.15, 0.2) is 24.3 Å². The van der Waals surface area contributed by atoms with Gasteiger partial charge in [-0.05, 0) is 25.0 Å². The van der Waals surface area contributed by atoms with E-state index in [2.05, 4.69) is 0 Å². The molecular weight excluding hydrogens is 239 g/mol. The van der Waals surface area contributed by atoms with Crippen LogP contribution in [0.2, 0.25) is 0 Å². The molecule has 17 heavy (non-hydrogen) atoms. The minimum Gasteiger partial charge on any atom is -0.377 e. The van der Waals surface area contributed by atoms with Crippen molar-refractivity contribution in [2.75, 3.05) is 18.1 Å². The third-order valence-corrected chi connectivity index (χ3v) is 3.81. The molecule has 1 aliphatic rings. The Morgan fingerprint density at radius 2 is 2.29 bits per heavy atom. The van der Waals surface area contributed by atoms with Crippen LogP contribution in [0.5, 0.6) is 0 Å². The maximum Gasteiger partial charge on any atom is 0.175 e. The molecule has 1 fully saturated rings. The van der Waals surface area contributed by atoms with E-state index in [0.29, 0.717) is 5.75 Å². The van der Waals surface area contributed by atoms with Gasteiger partial charge in [0, 0.05) is 12.4 Å². The Morgan fingerprint density at radius 1 is 1.47 bits per heavy atom. The summed E-state index contributed by atoms with van der Waals surface area (Å²) in [5.41, 5.74) is 0.187. The molecule has 1 saturated heterocycles. The Balaban J connectivity index is 1.79. The molecule has 0 N–H and O–H groups in total. The minimum absolute atomic E-state index is 0.147. The van der Waals surface area contributed by atoms with Gasteiger partial charge in [0.15, 0.2) is 5.78 Å². The monoisotopic (exact) mass is 254 g/mol. The first kappa shape index (κ1) is 12.6. The number of halogens is 1. The maximum atomic E-state index is 13.3. The summed E-state index contributed by atoms with van der Waals surface area (Å²) in [4.78, 5) is 11.7. The van der Waals surface area contributed by atoms with Crippen LogP contribution < -0.4 is 0 Å². The summed E-state index contributed by atoms with van der Waals surface area (Å²) in [6.07, 6.45) is 2.45. The zero-order valence-corrected chi connectivity index (χ0v) is 10.3. The Bertz CT molecular complexity index is 389. The van der Waals surface area contributed by atoms with Crippen LogP contribution in [0.3, 0.4) is 0 Å². The van der Waals surface area contributed by atoms with E-state index >= 15 is 0 Å². The number of rotatable bonds is 5. The van der Waals surface area contributed by atoms with Gasteiger partial charge in [0.1, 0.15) is 5.82 Å². The largest absolute Gasteiger partial charge is 0.377 e. The first-order valence-electron chi connectivity index (χ1n) is 5.74. The van der Waals surface area contributed by atoms with Crippen LogP contribution in [-0.2, 0) is 4.74 Å². The minimum atomic E-state index is -0.435. The molecule has 92 valence electrons. The number of thioether (sulfide) groups is 1. The fraction of sp³-hybridized carbons (Fsp3) is 0.462. The predicted octanol–water partition coefficient (Wildman–Crippen LogP) is 2.92. The molecular formula is C13H15FO2S. The zero-order chi connectivity index (χ0) is 12.1. The maximum absolute atomic E-state index is 13.3. The van der Waals surface area contributed by atoms with Gasteiger partial charge in [0.2, 0.25) is 0 Å². The smallest absolute Gasteiger partial charge is 0.175 e. The van der Waals surface area contributed by atoms with E-state index in [-0.39, 0.29) is 17.5 Å². The second-order valence-corrected chi connectivity index (χ2v) is 5.08. The van der Waals surface area contributed by atoms with Crippen LogP contribution >= 0.6 is 11.8 Å². The number of hydrogen-bond donors (Lipinski definition) is 0. The summed E-state index contributed by atoms with van der Waals surface area (Å²) >= 11 is 1.52. The third kappa shape index (κ3) is 3.54. The average molecular weight is 254 g/mol. The quantitative estimate of drug-likeness (QED) is 0.756. The molecule has 0 spiro atoms. The van der Waals surface area contributed by atoms with Gasteiger partial charge in [0.05, 0.1) is 17.4 Å². The average Bonchev–Trinajstić information content (AvgIpc) is 2.82. The molecule has 0 bridgehead atoms. The highest BCUT2D eigenvalue weighted by Crippen LogP contribution is 2.18. The van der Waals surface area contributed by atoms with E-state index in [0.717, 1.165) is 25.2 Å². The Hall–Kier alpha value is -0.870. The molecule has 1 atom stereocenters. The van der Waals surface area contributed by atoms with Crippen LogP contribution in [0.25, 0.3) is 0 Å². The molecule has 1 aliphatic heterocycles. The highest BCUT2D eigenvalue weighted by molar-refractivity contribution is 8.00. The lowest BCUT2D eigenvalue weighted by Crippen LogP contribution is -2.11. The van der Waals surface area contributed by atoms with Crippen molar-refractivity contribution >= 4 is 17.5 Å². The summed E-state index contributed by atoms with van der Waals surface area (Å²) in [5.74, 6) is 0.558. The fourth-order valence-electron chi connectivity index (χ4n) is 1.82. The van der Waals surface area contributed by atoms with Crippen molar-refractivity contribution in [2.24, 2.45) is 0 Å². The molecule has 2 rings (SSSR count). The van der Waals surface area contributed by atoms with Gasteiger partial charge >= 0.3 is 0 Å². The molecule has 2 nitrogen and oxygen atoms in total. The number of hydrogen-bond acceptors (Lipinski definition) is 3. The molecule has 0 radical (unpaired) electrons. The summed E-state index contributed by atoms with van der Waals surface area (Å²) in [7, 11) is 0. The summed E-state index contributed by atoms with van der Waals surface area (Å²) in [6.45, 7) is 0.826. The van der Waals surface area contributed by atoms with Crippen molar-refractivity contribution in [1.29, 1.82) is 0 Å². The van der Waals surface area contributed by atoms with Gasteiger partial charge in [-0.25, -0.2) is 4.39 Å². The van der Waals surface area contributed by atoms with E-state index in [4.69, 9.17) is 4.74 Å². The molecule has 1 aromatic rings. The lowest BCUT2D eigenvalue weighted by molar-refractivity contribution is 0.101. The lowest BCUT2D eigenvalue weighted by atomic mass is 10.1. The standard InChI is InChI=1S/C13H15FO2S/c14-12-6-2-1-5-11(12)13(15)9-17-8-10-4-3-7-16-10/h1-2,5-6,10H,3-4,7-9H2. The topological polar surface area (TPSA) is 26.3 Å². The Morgan fingerprint density at radius 3 is 3.00 bits per heavy atom. The fourth-order valence-corrected chi connectivity index (χ4v) is 2.81. The van der Waals surface area contributed by atoms with Crippen LogP contribution in [-0.4, -0.2) is 30.0 Å². The van der Waals surface area contributed by atoms with Crippen LogP contribution in [0.1, 0.15) is 23.2 Å². The number of carbonyl (C=O) groups excluding carboxylic acids is 1. The number of ketones is 1. The van der Waals surface area contributed by atoms with Crippen molar-refractivity contribution in [2.45, 2.75) is 18.9 Å². The normalized spacial score (nSPS) is 19.5. The molecule has 1 unspecified atom stereocenters. The number of ether oxygens (including phenoxy) is 1. The third-order valence-electron chi connectivity index (χ3n) is 2.74. The second kappa shape index (κ2) is 6.17. The molecule has 1 heterocycles. The van der Waals surface area contributed by atoms with Crippen molar-refractivity contribution < 1.29 is 13.9 Å². The van der Waals surface area contributed by atoms with Crippen LogP contribution in [0, 0.1) is 5.82 Å². The number of Topliss-reactive ketones (excluding diaryl/α,β-unsaturated/α-hetero) is 1. The lowest BCUT2D eigenvalue weighted by Gasteiger charge is -2.08. The molecule has 1 aromatic carbocycles. The van der Waals surface area contributed by atoms with Crippen LogP contribution in [0.4, 0.5) is 4.39 Å². The summed E-state index contributed by atoms with van der Waals surface area (Å²) in [6, 6.07) is 6.12. The predicted molar refractivity (Wildman–Crippen MR) is 67.0 cm³/mol. The summed E-state index contributed by atoms with van der Waals surface area (Å²) in [5, 5.41) is 0. The zero-order valence-electron chi connectivity index (χ0n) is 9.52.